The Hall–Kier alpha value is -1.51. The van der Waals surface area contributed by atoms with Gasteiger partial charge in [0.15, 0.2) is 0 Å². The molecule has 9 heteroatoms. The van der Waals surface area contributed by atoms with Gasteiger partial charge in [-0.25, -0.2) is 4.98 Å². The third-order valence-electron chi connectivity index (χ3n) is 2.77. The van der Waals surface area contributed by atoms with Crippen LogP contribution in [0.3, 0.4) is 0 Å². The van der Waals surface area contributed by atoms with Crippen molar-refractivity contribution in [2.24, 2.45) is 0 Å². The molecule has 2 aromatic heterocycles. The molecule has 1 aliphatic rings. The minimum Gasteiger partial charge on any atom is -0.378 e. The lowest BCUT2D eigenvalue weighted by Crippen LogP contribution is -2.37. The topological polar surface area (TPSA) is 76.1 Å². The van der Waals surface area contributed by atoms with Crippen molar-refractivity contribution in [3.8, 4) is 0 Å². The summed E-state index contributed by atoms with van der Waals surface area (Å²) in [5, 5.41) is 6.19. The SMILES string of the molecule is Clc1nc(NCc2nccs2)nc(N2CCOCC2)n1. The number of morpholine rings is 1. The first-order valence-electron chi connectivity index (χ1n) is 6.18. The zero-order valence-corrected chi connectivity index (χ0v) is 12.2. The maximum absolute atomic E-state index is 5.96. The Morgan fingerprint density at radius 2 is 2.15 bits per heavy atom. The van der Waals surface area contributed by atoms with Crippen molar-refractivity contribution in [3.63, 3.8) is 0 Å². The molecule has 0 bridgehead atoms. The Balaban J connectivity index is 1.72. The Kier molecular flexibility index (Phi) is 4.24. The molecule has 0 amide bonds. The highest BCUT2D eigenvalue weighted by Crippen LogP contribution is 2.16. The molecule has 0 atom stereocenters. The van der Waals surface area contributed by atoms with E-state index in [0.717, 1.165) is 18.1 Å². The quantitative estimate of drug-likeness (QED) is 0.915. The molecule has 0 aliphatic carbocycles. The number of ether oxygens (including phenoxy) is 1. The molecule has 1 fully saturated rings. The van der Waals surface area contributed by atoms with Gasteiger partial charge in [-0.05, 0) is 11.6 Å². The van der Waals surface area contributed by atoms with E-state index < -0.39 is 0 Å². The van der Waals surface area contributed by atoms with Gasteiger partial charge in [0.1, 0.15) is 5.01 Å². The lowest BCUT2D eigenvalue weighted by atomic mass is 10.4. The first kappa shape index (κ1) is 13.5. The summed E-state index contributed by atoms with van der Waals surface area (Å²) >= 11 is 7.53. The summed E-state index contributed by atoms with van der Waals surface area (Å²) in [5.41, 5.74) is 0. The molecular formula is C11H13ClN6OS. The normalized spacial score (nSPS) is 15.3. The van der Waals surface area contributed by atoms with Crippen molar-refractivity contribution in [1.29, 1.82) is 0 Å². The Bertz CT molecular complexity index is 560. The number of halogens is 1. The van der Waals surface area contributed by atoms with E-state index in [4.69, 9.17) is 16.3 Å². The molecule has 1 N–H and O–H groups in total. The molecule has 0 aromatic carbocycles. The van der Waals surface area contributed by atoms with Crippen LogP contribution in [0, 0.1) is 0 Å². The van der Waals surface area contributed by atoms with Gasteiger partial charge in [0, 0.05) is 24.7 Å². The van der Waals surface area contributed by atoms with Crippen molar-refractivity contribution in [2.75, 3.05) is 36.5 Å². The minimum absolute atomic E-state index is 0.183. The van der Waals surface area contributed by atoms with Gasteiger partial charge >= 0.3 is 0 Å². The van der Waals surface area contributed by atoms with E-state index in [1.54, 1.807) is 17.5 Å². The number of anilines is 2. The summed E-state index contributed by atoms with van der Waals surface area (Å²) in [6.45, 7) is 3.43. The van der Waals surface area contributed by atoms with Crippen LogP contribution in [0.1, 0.15) is 5.01 Å². The zero-order valence-electron chi connectivity index (χ0n) is 10.6. The molecule has 0 unspecified atom stereocenters. The average Bonchev–Trinajstić information content (AvgIpc) is 2.99. The fourth-order valence-electron chi connectivity index (χ4n) is 1.82. The molecule has 106 valence electrons. The Morgan fingerprint density at radius 1 is 1.30 bits per heavy atom. The maximum atomic E-state index is 5.96. The van der Waals surface area contributed by atoms with Gasteiger partial charge in [-0.2, -0.15) is 15.0 Å². The predicted octanol–water partition coefficient (Wildman–Crippen LogP) is 1.43. The Labute approximate surface area is 125 Å². The molecule has 0 saturated carbocycles. The smallest absolute Gasteiger partial charge is 0.231 e. The second-order valence-electron chi connectivity index (χ2n) is 4.11. The largest absolute Gasteiger partial charge is 0.378 e. The van der Waals surface area contributed by atoms with E-state index in [2.05, 4.69) is 25.3 Å². The van der Waals surface area contributed by atoms with Crippen LogP contribution in [0.5, 0.6) is 0 Å². The summed E-state index contributed by atoms with van der Waals surface area (Å²) in [5.74, 6) is 1.04. The number of aromatic nitrogens is 4. The highest BCUT2D eigenvalue weighted by atomic mass is 35.5. The van der Waals surface area contributed by atoms with E-state index in [1.807, 2.05) is 10.3 Å². The fraction of sp³-hybridized carbons (Fsp3) is 0.455. The number of rotatable bonds is 4. The fourth-order valence-corrected chi connectivity index (χ4v) is 2.53. The predicted molar refractivity (Wildman–Crippen MR) is 77.3 cm³/mol. The molecule has 0 spiro atoms. The van der Waals surface area contributed by atoms with Crippen LogP contribution < -0.4 is 10.2 Å². The van der Waals surface area contributed by atoms with Gasteiger partial charge in [-0.15, -0.1) is 11.3 Å². The summed E-state index contributed by atoms with van der Waals surface area (Å²) in [4.78, 5) is 18.9. The lowest BCUT2D eigenvalue weighted by molar-refractivity contribution is 0.122. The van der Waals surface area contributed by atoms with Crippen LogP contribution >= 0.6 is 22.9 Å². The van der Waals surface area contributed by atoms with Crippen molar-refractivity contribution >= 4 is 34.8 Å². The van der Waals surface area contributed by atoms with Gasteiger partial charge in [0.25, 0.3) is 0 Å². The number of thiazole rings is 1. The third kappa shape index (κ3) is 3.33. The van der Waals surface area contributed by atoms with Gasteiger partial charge in [0.05, 0.1) is 19.8 Å². The van der Waals surface area contributed by atoms with Crippen LogP contribution in [-0.4, -0.2) is 46.2 Å². The van der Waals surface area contributed by atoms with Crippen molar-refractivity contribution in [3.05, 3.63) is 21.9 Å². The summed E-state index contributed by atoms with van der Waals surface area (Å²) in [6.07, 6.45) is 1.77. The summed E-state index contributed by atoms with van der Waals surface area (Å²) in [7, 11) is 0. The third-order valence-corrected chi connectivity index (χ3v) is 3.72. The number of hydrogen-bond donors (Lipinski definition) is 1. The van der Waals surface area contributed by atoms with Gasteiger partial charge in [-0.3, -0.25) is 0 Å². The van der Waals surface area contributed by atoms with E-state index in [1.165, 1.54) is 0 Å². The van der Waals surface area contributed by atoms with Gasteiger partial charge in [0.2, 0.25) is 17.2 Å². The highest BCUT2D eigenvalue weighted by molar-refractivity contribution is 7.09. The lowest BCUT2D eigenvalue weighted by Gasteiger charge is -2.26. The molecule has 1 saturated heterocycles. The number of nitrogens with zero attached hydrogens (tertiary/aromatic N) is 5. The van der Waals surface area contributed by atoms with Crippen LogP contribution in [0.2, 0.25) is 5.28 Å². The molecule has 2 aromatic rings. The molecule has 20 heavy (non-hydrogen) atoms. The van der Waals surface area contributed by atoms with Crippen molar-refractivity contribution < 1.29 is 4.74 Å². The van der Waals surface area contributed by atoms with E-state index in [9.17, 15) is 0 Å². The molecule has 3 rings (SSSR count). The second kappa shape index (κ2) is 6.29. The van der Waals surface area contributed by atoms with Crippen molar-refractivity contribution in [2.45, 2.75) is 6.54 Å². The maximum Gasteiger partial charge on any atom is 0.231 e. The minimum atomic E-state index is 0.183. The monoisotopic (exact) mass is 312 g/mol. The molecule has 3 heterocycles. The molecule has 7 nitrogen and oxygen atoms in total. The summed E-state index contributed by atoms with van der Waals surface area (Å²) in [6, 6.07) is 0. The van der Waals surface area contributed by atoms with E-state index in [0.29, 0.717) is 31.7 Å². The van der Waals surface area contributed by atoms with Crippen molar-refractivity contribution in [1.82, 2.24) is 19.9 Å². The first-order chi connectivity index (χ1) is 9.81. The molecule has 1 aliphatic heterocycles. The number of hydrogen-bond acceptors (Lipinski definition) is 8. The molecule has 0 radical (unpaired) electrons. The van der Waals surface area contributed by atoms with Crippen LogP contribution in [-0.2, 0) is 11.3 Å². The Morgan fingerprint density at radius 3 is 2.90 bits per heavy atom. The highest BCUT2D eigenvalue weighted by Gasteiger charge is 2.16. The zero-order chi connectivity index (χ0) is 13.8. The standard InChI is InChI=1S/C11H13ClN6OS/c12-9-15-10(14-7-8-13-1-6-20-8)17-11(16-9)18-2-4-19-5-3-18/h1,6H,2-5,7H2,(H,14,15,16,17). The second-order valence-corrected chi connectivity index (χ2v) is 5.42. The van der Waals surface area contributed by atoms with E-state index in [-0.39, 0.29) is 5.28 Å². The van der Waals surface area contributed by atoms with Crippen LogP contribution in [0.15, 0.2) is 11.6 Å². The number of nitrogens with one attached hydrogen (secondary N) is 1. The van der Waals surface area contributed by atoms with Gasteiger partial charge in [-0.1, -0.05) is 0 Å². The van der Waals surface area contributed by atoms with E-state index >= 15 is 0 Å². The van der Waals surface area contributed by atoms with Crippen LogP contribution in [0.25, 0.3) is 0 Å². The molecular weight excluding hydrogens is 300 g/mol. The average molecular weight is 313 g/mol. The van der Waals surface area contributed by atoms with Gasteiger partial charge < -0.3 is 15.0 Å². The van der Waals surface area contributed by atoms with Crippen LogP contribution in [0.4, 0.5) is 11.9 Å². The summed E-state index contributed by atoms with van der Waals surface area (Å²) < 4.78 is 5.31. The first-order valence-corrected chi connectivity index (χ1v) is 7.43.